The first kappa shape index (κ1) is 17.8. The summed E-state index contributed by atoms with van der Waals surface area (Å²) in [5, 5.41) is 7.91. The number of H-pyrrole nitrogens is 1. The van der Waals surface area contributed by atoms with Gasteiger partial charge in [0.05, 0.1) is 11.1 Å². The minimum atomic E-state index is 0.487. The smallest absolute Gasteiger partial charge is 0.184 e. The Hall–Kier alpha value is -4.32. The molecule has 5 N–H and O–H groups in total. The van der Waals surface area contributed by atoms with E-state index in [2.05, 4.69) is 15.2 Å². The maximum absolute atomic E-state index is 6.16. The number of nitrogen functional groups attached to an aromatic ring is 2. The van der Waals surface area contributed by atoms with Crippen molar-refractivity contribution in [2.45, 2.75) is 0 Å². The number of nitrogens with zero attached hydrogens (tertiary/aromatic N) is 2. The standard InChI is InChI=1S/C24H19N5O/c25-17-10-6-16(7-11-17)21-14-20(22-23(26)28-29-24(22)27-21)15-8-12-19(13-9-15)30-18-4-2-1-3-5-18/h1-14H,25H2,(H3,26,27,28,29). The van der Waals surface area contributed by atoms with E-state index < -0.39 is 0 Å². The number of rotatable bonds is 4. The summed E-state index contributed by atoms with van der Waals surface area (Å²) in [5.41, 5.74) is 17.0. The van der Waals surface area contributed by atoms with Gasteiger partial charge in [-0.3, -0.25) is 5.10 Å². The number of nitrogens with one attached hydrogen (secondary N) is 1. The molecule has 0 radical (unpaired) electrons. The van der Waals surface area contributed by atoms with Gasteiger partial charge in [0.15, 0.2) is 5.65 Å². The Morgan fingerprint density at radius 2 is 1.40 bits per heavy atom. The molecule has 0 amide bonds. The highest BCUT2D eigenvalue weighted by atomic mass is 16.5. The van der Waals surface area contributed by atoms with E-state index in [1.54, 1.807) is 0 Å². The molecule has 0 aliphatic carbocycles. The SMILES string of the molecule is Nc1ccc(-c2cc(-c3ccc(Oc4ccccc4)cc3)c3c(N)[nH]nc3n2)cc1. The van der Waals surface area contributed by atoms with Gasteiger partial charge in [-0.2, -0.15) is 5.10 Å². The zero-order chi connectivity index (χ0) is 20.5. The van der Waals surface area contributed by atoms with Gasteiger partial charge in [0.25, 0.3) is 0 Å². The van der Waals surface area contributed by atoms with E-state index in [1.807, 2.05) is 84.9 Å². The summed E-state index contributed by atoms with van der Waals surface area (Å²) in [6.07, 6.45) is 0. The van der Waals surface area contributed by atoms with Crippen LogP contribution in [0.3, 0.4) is 0 Å². The van der Waals surface area contributed by atoms with E-state index in [-0.39, 0.29) is 0 Å². The molecular weight excluding hydrogens is 374 g/mol. The lowest BCUT2D eigenvalue weighted by molar-refractivity contribution is 0.483. The average Bonchev–Trinajstić information content (AvgIpc) is 3.16. The molecule has 0 spiro atoms. The van der Waals surface area contributed by atoms with E-state index in [0.29, 0.717) is 17.2 Å². The minimum absolute atomic E-state index is 0.487. The Labute approximate surface area is 173 Å². The summed E-state index contributed by atoms with van der Waals surface area (Å²) in [4.78, 5) is 4.67. The quantitative estimate of drug-likeness (QED) is 0.362. The Morgan fingerprint density at radius 1 is 0.733 bits per heavy atom. The minimum Gasteiger partial charge on any atom is -0.457 e. The summed E-state index contributed by atoms with van der Waals surface area (Å²) in [5.74, 6) is 2.04. The van der Waals surface area contributed by atoms with Crippen LogP contribution >= 0.6 is 0 Å². The Balaban J connectivity index is 1.57. The Bertz CT molecular complexity index is 1310. The third kappa shape index (κ3) is 3.31. The Morgan fingerprint density at radius 3 is 2.13 bits per heavy atom. The van der Waals surface area contributed by atoms with Gasteiger partial charge < -0.3 is 16.2 Å². The molecule has 5 rings (SSSR count). The monoisotopic (exact) mass is 393 g/mol. The van der Waals surface area contributed by atoms with Crippen molar-refractivity contribution in [1.29, 1.82) is 0 Å². The van der Waals surface area contributed by atoms with Crippen LogP contribution in [-0.2, 0) is 0 Å². The van der Waals surface area contributed by atoms with Gasteiger partial charge in [-0.05, 0) is 53.6 Å². The van der Waals surface area contributed by atoms with Crippen molar-refractivity contribution in [1.82, 2.24) is 15.2 Å². The summed E-state index contributed by atoms with van der Waals surface area (Å²) in [6, 6.07) is 27.2. The third-order valence-electron chi connectivity index (χ3n) is 4.90. The van der Waals surface area contributed by atoms with Gasteiger partial charge in [0.2, 0.25) is 0 Å². The molecule has 0 fully saturated rings. The molecule has 2 aromatic heterocycles. The number of aromatic amines is 1. The molecule has 3 aromatic carbocycles. The first-order chi connectivity index (χ1) is 14.7. The van der Waals surface area contributed by atoms with E-state index in [4.69, 9.17) is 16.2 Å². The number of fused-ring (bicyclic) bond motifs is 1. The highest BCUT2D eigenvalue weighted by Crippen LogP contribution is 2.35. The molecular formula is C24H19N5O. The fraction of sp³-hybridized carbons (Fsp3) is 0. The van der Waals surface area contributed by atoms with Crippen LogP contribution in [0.5, 0.6) is 11.5 Å². The van der Waals surface area contributed by atoms with E-state index in [1.165, 1.54) is 0 Å². The molecule has 0 saturated carbocycles. The van der Waals surface area contributed by atoms with Gasteiger partial charge >= 0.3 is 0 Å². The number of benzene rings is 3. The Kier molecular flexibility index (Phi) is 4.29. The molecule has 146 valence electrons. The highest BCUT2D eigenvalue weighted by Gasteiger charge is 2.15. The molecule has 5 aromatic rings. The van der Waals surface area contributed by atoms with E-state index in [9.17, 15) is 0 Å². The van der Waals surface area contributed by atoms with Crippen LogP contribution in [0.1, 0.15) is 0 Å². The van der Waals surface area contributed by atoms with Crippen molar-refractivity contribution in [3.05, 3.63) is 84.9 Å². The average molecular weight is 393 g/mol. The molecule has 2 heterocycles. The van der Waals surface area contributed by atoms with Crippen molar-refractivity contribution in [3.63, 3.8) is 0 Å². The number of para-hydroxylation sites is 1. The fourth-order valence-electron chi connectivity index (χ4n) is 3.40. The predicted octanol–water partition coefficient (Wildman–Crippen LogP) is 5.25. The number of nitrogens with two attached hydrogens (primary N) is 2. The van der Waals surface area contributed by atoms with Crippen molar-refractivity contribution < 1.29 is 4.74 Å². The van der Waals surface area contributed by atoms with Crippen molar-refractivity contribution in [2.24, 2.45) is 0 Å². The molecule has 30 heavy (non-hydrogen) atoms. The lowest BCUT2D eigenvalue weighted by atomic mass is 10.00. The lowest BCUT2D eigenvalue weighted by Gasteiger charge is -2.10. The number of ether oxygens (including phenoxy) is 1. The molecule has 0 unspecified atom stereocenters. The number of aromatic nitrogens is 3. The van der Waals surface area contributed by atoms with Gasteiger partial charge in [-0.1, -0.05) is 42.5 Å². The molecule has 0 bridgehead atoms. The molecule has 6 nitrogen and oxygen atoms in total. The third-order valence-corrected chi connectivity index (χ3v) is 4.90. The second-order valence-corrected chi connectivity index (χ2v) is 6.95. The van der Waals surface area contributed by atoms with Crippen LogP contribution in [0.4, 0.5) is 11.5 Å². The summed E-state index contributed by atoms with van der Waals surface area (Å²) in [7, 11) is 0. The fourth-order valence-corrected chi connectivity index (χ4v) is 3.40. The number of anilines is 2. The largest absolute Gasteiger partial charge is 0.457 e. The molecule has 0 saturated heterocycles. The normalized spacial score (nSPS) is 10.9. The lowest BCUT2D eigenvalue weighted by Crippen LogP contribution is -1.92. The van der Waals surface area contributed by atoms with Crippen molar-refractivity contribution in [3.8, 4) is 33.9 Å². The van der Waals surface area contributed by atoms with Crippen LogP contribution in [-0.4, -0.2) is 15.2 Å². The van der Waals surface area contributed by atoms with Crippen LogP contribution < -0.4 is 16.2 Å². The van der Waals surface area contributed by atoms with Crippen LogP contribution in [0.2, 0.25) is 0 Å². The molecule has 0 aliphatic rings. The number of hydrogen-bond acceptors (Lipinski definition) is 5. The first-order valence-corrected chi connectivity index (χ1v) is 9.51. The van der Waals surface area contributed by atoms with Crippen LogP contribution in [0.25, 0.3) is 33.4 Å². The predicted molar refractivity (Wildman–Crippen MR) is 120 cm³/mol. The van der Waals surface area contributed by atoms with E-state index in [0.717, 1.165) is 39.3 Å². The highest BCUT2D eigenvalue weighted by molar-refractivity contribution is 6.01. The van der Waals surface area contributed by atoms with Gasteiger partial charge in [-0.25, -0.2) is 4.98 Å². The van der Waals surface area contributed by atoms with Gasteiger partial charge in [0, 0.05) is 11.3 Å². The summed E-state index contributed by atoms with van der Waals surface area (Å²) < 4.78 is 5.90. The number of hydrogen-bond donors (Lipinski definition) is 3. The number of pyridine rings is 1. The van der Waals surface area contributed by atoms with Crippen LogP contribution in [0, 0.1) is 0 Å². The molecule has 0 aliphatic heterocycles. The maximum atomic E-state index is 6.16. The second-order valence-electron chi connectivity index (χ2n) is 6.95. The summed E-state index contributed by atoms with van der Waals surface area (Å²) >= 11 is 0. The van der Waals surface area contributed by atoms with Crippen molar-refractivity contribution >= 4 is 22.5 Å². The van der Waals surface area contributed by atoms with Gasteiger partial charge in [0.1, 0.15) is 17.3 Å². The van der Waals surface area contributed by atoms with Gasteiger partial charge in [-0.15, -0.1) is 0 Å². The molecule has 0 atom stereocenters. The van der Waals surface area contributed by atoms with Crippen molar-refractivity contribution in [2.75, 3.05) is 11.5 Å². The maximum Gasteiger partial charge on any atom is 0.184 e. The topological polar surface area (TPSA) is 103 Å². The van der Waals surface area contributed by atoms with E-state index >= 15 is 0 Å². The first-order valence-electron chi connectivity index (χ1n) is 9.51. The zero-order valence-corrected chi connectivity index (χ0v) is 16.0. The second kappa shape index (κ2) is 7.25. The van der Waals surface area contributed by atoms with Crippen LogP contribution in [0.15, 0.2) is 84.9 Å². The molecule has 6 heteroatoms. The zero-order valence-electron chi connectivity index (χ0n) is 16.0. The summed E-state index contributed by atoms with van der Waals surface area (Å²) in [6.45, 7) is 0.